The third kappa shape index (κ3) is 1.43. The van der Waals surface area contributed by atoms with Crippen molar-refractivity contribution >= 4 is 8.24 Å². The van der Waals surface area contributed by atoms with E-state index < -0.39 is 8.24 Å². The van der Waals surface area contributed by atoms with Gasteiger partial charge in [0.25, 0.3) is 0 Å². The molecule has 1 nitrogen and oxygen atoms in total. The van der Waals surface area contributed by atoms with Gasteiger partial charge >= 0.3 is 0 Å². The highest BCUT2D eigenvalue weighted by molar-refractivity contribution is 6.75. The highest BCUT2D eigenvalue weighted by Crippen LogP contribution is 2.29. The van der Waals surface area contributed by atoms with Gasteiger partial charge in [0.1, 0.15) is 8.24 Å². The SMILES string of the molecule is CCN1CC(C)C[Si]1(C)C. The fraction of sp³-hybridized carbons (Fsp3) is 1.00. The highest BCUT2D eigenvalue weighted by atomic mass is 28.3. The molecule has 0 N–H and O–H groups in total. The molecule has 60 valence electrons. The molecule has 0 aromatic carbocycles. The van der Waals surface area contributed by atoms with Crippen molar-refractivity contribution in [1.29, 1.82) is 0 Å². The van der Waals surface area contributed by atoms with E-state index in [0.29, 0.717) is 0 Å². The van der Waals surface area contributed by atoms with Gasteiger partial charge in [-0.2, -0.15) is 0 Å². The van der Waals surface area contributed by atoms with Crippen LogP contribution in [0.1, 0.15) is 13.8 Å². The predicted octanol–water partition coefficient (Wildman–Crippen LogP) is 2.16. The van der Waals surface area contributed by atoms with Crippen LogP contribution in [-0.2, 0) is 0 Å². The Morgan fingerprint density at radius 1 is 1.50 bits per heavy atom. The van der Waals surface area contributed by atoms with Gasteiger partial charge in [0.05, 0.1) is 0 Å². The van der Waals surface area contributed by atoms with Gasteiger partial charge in [-0.3, -0.25) is 0 Å². The zero-order chi connectivity index (χ0) is 7.78. The van der Waals surface area contributed by atoms with E-state index in [0.717, 1.165) is 5.92 Å². The topological polar surface area (TPSA) is 3.24 Å². The Labute approximate surface area is 65.5 Å². The third-order valence-corrected chi connectivity index (χ3v) is 6.52. The second kappa shape index (κ2) is 2.66. The summed E-state index contributed by atoms with van der Waals surface area (Å²) in [7, 11) is -0.899. The van der Waals surface area contributed by atoms with Crippen LogP contribution in [0.4, 0.5) is 0 Å². The standard InChI is InChI=1S/C8H19NSi/c1-5-9-6-8(2)7-10(9,3)4/h8H,5-7H2,1-4H3. The molecule has 1 unspecified atom stereocenters. The number of hydrogen-bond acceptors (Lipinski definition) is 1. The Bertz CT molecular complexity index is 122. The molecule has 0 aliphatic carbocycles. The van der Waals surface area contributed by atoms with Gasteiger partial charge in [0.2, 0.25) is 0 Å². The van der Waals surface area contributed by atoms with Gasteiger partial charge in [-0.25, -0.2) is 0 Å². The van der Waals surface area contributed by atoms with E-state index in [4.69, 9.17) is 0 Å². The number of hydrogen-bond donors (Lipinski definition) is 0. The lowest BCUT2D eigenvalue weighted by atomic mass is 10.2. The molecule has 0 radical (unpaired) electrons. The Morgan fingerprint density at radius 3 is 2.30 bits per heavy atom. The second-order valence-corrected chi connectivity index (χ2v) is 8.83. The average Bonchev–Trinajstić information content (AvgIpc) is 2.04. The minimum atomic E-state index is -0.899. The summed E-state index contributed by atoms with van der Waals surface area (Å²) in [4.78, 5) is 0. The summed E-state index contributed by atoms with van der Waals surface area (Å²) in [6, 6.07) is 1.50. The van der Waals surface area contributed by atoms with Gasteiger partial charge in [-0.1, -0.05) is 26.9 Å². The van der Waals surface area contributed by atoms with Gasteiger partial charge in [-0.15, -0.1) is 0 Å². The Morgan fingerprint density at radius 2 is 2.10 bits per heavy atom. The molecule has 0 amide bonds. The van der Waals surface area contributed by atoms with Crippen molar-refractivity contribution in [2.75, 3.05) is 13.1 Å². The van der Waals surface area contributed by atoms with Crippen LogP contribution < -0.4 is 0 Å². The molecule has 0 saturated carbocycles. The molecule has 1 fully saturated rings. The summed E-state index contributed by atoms with van der Waals surface area (Å²) < 4.78 is 2.71. The van der Waals surface area contributed by atoms with E-state index in [1.54, 1.807) is 0 Å². The van der Waals surface area contributed by atoms with Crippen molar-refractivity contribution < 1.29 is 0 Å². The van der Waals surface area contributed by atoms with Crippen molar-refractivity contribution in [3.8, 4) is 0 Å². The molecule has 1 atom stereocenters. The van der Waals surface area contributed by atoms with Crippen LogP contribution in [0.5, 0.6) is 0 Å². The minimum Gasteiger partial charge on any atom is -0.324 e. The molecule has 0 bridgehead atoms. The maximum Gasteiger partial charge on any atom is 0.122 e. The molecule has 1 heterocycles. The zero-order valence-corrected chi connectivity index (χ0v) is 8.65. The predicted molar refractivity (Wildman–Crippen MR) is 48.7 cm³/mol. The van der Waals surface area contributed by atoms with Crippen LogP contribution in [0.2, 0.25) is 19.1 Å². The van der Waals surface area contributed by atoms with Gasteiger partial charge in [0.15, 0.2) is 0 Å². The van der Waals surface area contributed by atoms with Gasteiger partial charge in [0, 0.05) is 0 Å². The first-order valence-corrected chi connectivity index (χ1v) is 7.46. The minimum absolute atomic E-state index is 0.899. The molecule has 10 heavy (non-hydrogen) atoms. The summed E-state index contributed by atoms with van der Waals surface area (Å²) >= 11 is 0. The molecule has 0 spiro atoms. The Hall–Kier alpha value is 0.177. The lowest BCUT2D eigenvalue weighted by Gasteiger charge is -2.27. The van der Waals surface area contributed by atoms with Crippen molar-refractivity contribution in [3.63, 3.8) is 0 Å². The largest absolute Gasteiger partial charge is 0.324 e. The van der Waals surface area contributed by atoms with E-state index >= 15 is 0 Å². The molecular formula is C8H19NSi. The maximum absolute atomic E-state index is 2.71. The Kier molecular flexibility index (Phi) is 2.20. The molecule has 1 aliphatic heterocycles. The second-order valence-electron chi connectivity index (χ2n) is 4.16. The molecule has 0 aromatic heterocycles. The van der Waals surface area contributed by atoms with Crippen LogP contribution in [0, 0.1) is 5.92 Å². The van der Waals surface area contributed by atoms with Crippen molar-refractivity contribution in [1.82, 2.24) is 4.57 Å². The third-order valence-electron chi connectivity index (χ3n) is 2.62. The van der Waals surface area contributed by atoms with Crippen LogP contribution in [0.3, 0.4) is 0 Å². The van der Waals surface area contributed by atoms with Crippen LogP contribution in [-0.4, -0.2) is 25.9 Å². The summed E-state index contributed by atoms with van der Waals surface area (Å²) in [6.45, 7) is 12.3. The van der Waals surface area contributed by atoms with E-state index in [-0.39, 0.29) is 0 Å². The van der Waals surface area contributed by atoms with Crippen LogP contribution >= 0.6 is 0 Å². The fourth-order valence-corrected chi connectivity index (χ4v) is 5.98. The van der Waals surface area contributed by atoms with Crippen LogP contribution in [0.25, 0.3) is 0 Å². The Balaban J connectivity index is 2.58. The lowest BCUT2D eigenvalue weighted by Crippen LogP contribution is -2.42. The fourth-order valence-electron chi connectivity index (χ4n) is 2.23. The molecule has 1 saturated heterocycles. The first-order valence-electron chi connectivity index (χ1n) is 4.31. The number of rotatable bonds is 1. The summed E-state index contributed by atoms with van der Waals surface area (Å²) in [5.41, 5.74) is 0. The first-order chi connectivity index (χ1) is 4.56. The lowest BCUT2D eigenvalue weighted by molar-refractivity contribution is 0.437. The quantitative estimate of drug-likeness (QED) is 0.527. The van der Waals surface area contributed by atoms with Crippen LogP contribution in [0.15, 0.2) is 0 Å². The maximum atomic E-state index is 2.71. The van der Waals surface area contributed by atoms with E-state index in [1.807, 2.05) is 0 Å². The summed E-state index contributed by atoms with van der Waals surface area (Å²) in [5.74, 6) is 0.960. The highest BCUT2D eigenvalue weighted by Gasteiger charge is 2.36. The number of nitrogens with zero attached hydrogens (tertiary/aromatic N) is 1. The normalized spacial score (nSPS) is 33.0. The van der Waals surface area contributed by atoms with E-state index in [2.05, 4.69) is 31.5 Å². The summed E-state index contributed by atoms with van der Waals surface area (Å²) in [5, 5.41) is 0. The average molecular weight is 157 g/mol. The van der Waals surface area contributed by atoms with Crippen molar-refractivity contribution in [3.05, 3.63) is 0 Å². The molecular weight excluding hydrogens is 138 g/mol. The van der Waals surface area contributed by atoms with Gasteiger partial charge in [-0.05, 0) is 25.1 Å². The van der Waals surface area contributed by atoms with Crippen molar-refractivity contribution in [2.24, 2.45) is 5.92 Å². The monoisotopic (exact) mass is 157 g/mol. The molecule has 0 aromatic rings. The van der Waals surface area contributed by atoms with Crippen molar-refractivity contribution in [2.45, 2.75) is 33.0 Å². The molecule has 1 aliphatic rings. The molecule has 1 rings (SSSR count). The first kappa shape index (κ1) is 8.28. The summed E-state index contributed by atoms with van der Waals surface area (Å²) in [6.07, 6.45) is 0. The molecule has 2 heteroatoms. The van der Waals surface area contributed by atoms with Gasteiger partial charge < -0.3 is 4.57 Å². The smallest absolute Gasteiger partial charge is 0.122 e. The van der Waals surface area contributed by atoms with E-state index in [1.165, 1.54) is 19.1 Å². The van der Waals surface area contributed by atoms with E-state index in [9.17, 15) is 0 Å². The zero-order valence-electron chi connectivity index (χ0n) is 7.65.